The quantitative estimate of drug-likeness (QED) is 0.449. The molecule has 4 aromatic rings. The Morgan fingerprint density at radius 2 is 1.81 bits per heavy atom. The van der Waals surface area contributed by atoms with Crippen LogP contribution in [0, 0.1) is 6.92 Å². The summed E-state index contributed by atoms with van der Waals surface area (Å²) in [5.41, 5.74) is 0.733. The Kier molecular flexibility index (Phi) is 4.67. The molecule has 0 aliphatic carbocycles. The van der Waals surface area contributed by atoms with Crippen LogP contribution >= 0.6 is 11.6 Å². The molecule has 1 aliphatic heterocycles. The van der Waals surface area contributed by atoms with E-state index >= 15 is 0 Å². The first-order valence-corrected chi connectivity index (χ1v) is 10.1. The highest BCUT2D eigenvalue weighted by atomic mass is 35.5. The second-order valence-electron chi connectivity index (χ2n) is 7.30. The van der Waals surface area contributed by atoms with Crippen LogP contribution in [0.4, 0.5) is 5.82 Å². The van der Waals surface area contributed by atoms with Crippen molar-refractivity contribution in [2.24, 2.45) is 0 Å². The molecule has 1 aliphatic rings. The predicted octanol–water partition coefficient (Wildman–Crippen LogP) is 4.51. The fraction of sp³-hybridized carbons (Fsp3) is 0.174. The Balaban J connectivity index is 1.81. The number of halogens is 1. The van der Waals surface area contributed by atoms with Crippen LogP contribution in [-0.2, 0) is 0 Å². The monoisotopic (exact) mass is 452 g/mol. The number of fused-ring (bicyclic) bond motifs is 2. The van der Waals surface area contributed by atoms with Crippen LogP contribution in [0.1, 0.15) is 33.5 Å². The van der Waals surface area contributed by atoms with Gasteiger partial charge in [-0.3, -0.25) is 14.5 Å². The minimum Gasteiger partial charge on any atom is -0.493 e. The number of amides is 1. The maximum Gasteiger partial charge on any atom is 0.296 e. The van der Waals surface area contributed by atoms with Gasteiger partial charge < -0.3 is 18.4 Å². The van der Waals surface area contributed by atoms with Crippen LogP contribution in [-0.4, -0.2) is 25.3 Å². The van der Waals surface area contributed by atoms with E-state index in [9.17, 15) is 9.59 Å². The number of hydrogen-bond acceptors (Lipinski definition) is 7. The molecule has 2 aromatic carbocycles. The van der Waals surface area contributed by atoms with Crippen molar-refractivity contribution in [2.45, 2.75) is 13.0 Å². The fourth-order valence-electron chi connectivity index (χ4n) is 3.99. The van der Waals surface area contributed by atoms with Crippen LogP contribution in [0.2, 0.25) is 5.02 Å². The van der Waals surface area contributed by atoms with Crippen molar-refractivity contribution in [1.82, 2.24) is 5.16 Å². The normalized spacial score (nSPS) is 15.3. The van der Waals surface area contributed by atoms with Crippen molar-refractivity contribution in [1.29, 1.82) is 0 Å². The molecule has 3 heterocycles. The predicted molar refractivity (Wildman–Crippen MR) is 117 cm³/mol. The van der Waals surface area contributed by atoms with Gasteiger partial charge in [0.2, 0.25) is 5.76 Å². The lowest BCUT2D eigenvalue weighted by Crippen LogP contribution is -2.29. The van der Waals surface area contributed by atoms with Gasteiger partial charge in [-0.2, -0.15) is 0 Å². The maximum absolute atomic E-state index is 13.6. The van der Waals surface area contributed by atoms with Gasteiger partial charge in [0.15, 0.2) is 22.7 Å². The summed E-state index contributed by atoms with van der Waals surface area (Å²) in [6, 6.07) is 10.7. The van der Waals surface area contributed by atoms with E-state index in [0.29, 0.717) is 27.8 Å². The number of hydrogen-bond donors (Lipinski definition) is 0. The first kappa shape index (κ1) is 20.1. The number of rotatable bonds is 4. The lowest BCUT2D eigenvalue weighted by Gasteiger charge is -2.23. The molecule has 0 unspecified atom stereocenters. The molecule has 32 heavy (non-hydrogen) atoms. The Morgan fingerprint density at radius 1 is 1.03 bits per heavy atom. The number of nitrogens with zero attached hydrogens (tertiary/aromatic N) is 2. The Morgan fingerprint density at radius 3 is 2.50 bits per heavy atom. The Bertz CT molecular complexity index is 1440. The fourth-order valence-corrected chi connectivity index (χ4v) is 4.16. The molecule has 2 aromatic heterocycles. The number of carbonyl (C=O) groups is 1. The van der Waals surface area contributed by atoms with Gasteiger partial charge in [-0.15, -0.1) is 0 Å². The van der Waals surface area contributed by atoms with E-state index < -0.39 is 11.9 Å². The number of ether oxygens (including phenoxy) is 2. The van der Waals surface area contributed by atoms with Gasteiger partial charge in [0.1, 0.15) is 11.3 Å². The molecule has 9 heteroatoms. The molecule has 1 atom stereocenters. The van der Waals surface area contributed by atoms with Gasteiger partial charge in [-0.05, 0) is 42.8 Å². The molecule has 1 amide bonds. The smallest absolute Gasteiger partial charge is 0.296 e. The van der Waals surface area contributed by atoms with Crippen molar-refractivity contribution in [2.75, 3.05) is 19.1 Å². The Labute approximate surface area is 186 Å². The molecule has 0 N–H and O–H groups in total. The van der Waals surface area contributed by atoms with Gasteiger partial charge >= 0.3 is 0 Å². The summed E-state index contributed by atoms with van der Waals surface area (Å²) >= 11 is 6.11. The average Bonchev–Trinajstić information content (AvgIpc) is 3.34. The number of anilines is 1. The second kappa shape index (κ2) is 7.42. The summed E-state index contributed by atoms with van der Waals surface area (Å²) in [6.45, 7) is 1.72. The third-order valence-corrected chi connectivity index (χ3v) is 5.65. The standard InChI is InChI=1S/C23H17ClN2O6/c1-11-8-18(25-32-11)26-20(12-4-6-16(29-2)17(9-12)30-3)19-21(27)14-10-13(24)5-7-15(14)31-22(19)23(26)28/h4-10,20H,1-3H3/t20-/m1/s1. The van der Waals surface area contributed by atoms with Crippen LogP contribution < -0.4 is 19.8 Å². The van der Waals surface area contributed by atoms with E-state index in [0.717, 1.165) is 0 Å². The highest BCUT2D eigenvalue weighted by molar-refractivity contribution is 6.31. The van der Waals surface area contributed by atoms with E-state index in [1.54, 1.807) is 43.3 Å². The van der Waals surface area contributed by atoms with Crippen LogP contribution in [0.15, 0.2) is 56.2 Å². The van der Waals surface area contributed by atoms with Gasteiger partial charge in [-0.1, -0.05) is 22.8 Å². The van der Waals surface area contributed by atoms with E-state index in [2.05, 4.69) is 5.16 Å². The Hall–Kier alpha value is -3.78. The van der Waals surface area contributed by atoms with Crippen LogP contribution in [0.25, 0.3) is 11.0 Å². The van der Waals surface area contributed by atoms with Crippen molar-refractivity contribution in [3.05, 3.63) is 80.4 Å². The molecule has 0 fully saturated rings. The minimum absolute atomic E-state index is 0.0507. The zero-order valence-corrected chi connectivity index (χ0v) is 18.1. The van der Waals surface area contributed by atoms with Crippen LogP contribution in [0.5, 0.6) is 11.5 Å². The van der Waals surface area contributed by atoms with Crippen molar-refractivity contribution >= 4 is 34.3 Å². The number of aryl methyl sites for hydroxylation is 1. The van der Waals surface area contributed by atoms with Crippen molar-refractivity contribution in [3.63, 3.8) is 0 Å². The van der Waals surface area contributed by atoms with Crippen molar-refractivity contribution in [3.8, 4) is 11.5 Å². The van der Waals surface area contributed by atoms with E-state index in [-0.39, 0.29) is 33.5 Å². The summed E-state index contributed by atoms with van der Waals surface area (Å²) < 4.78 is 21.9. The minimum atomic E-state index is -0.818. The first-order valence-electron chi connectivity index (χ1n) is 9.68. The van der Waals surface area contributed by atoms with Crippen LogP contribution in [0.3, 0.4) is 0 Å². The molecule has 162 valence electrons. The maximum atomic E-state index is 13.6. The lowest BCUT2D eigenvalue weighted by atomic mass is 9.98. The number of carbonyl (C=O) groups excluding carboxylic acids is 1. The third-order valence-electron chi connectivity index (χ3n) is 5.42. The molecule has 0 radical (unpaired) electrons. The molecule has 0 spiro atoms. The second-order valence-corrected chi connectivity index (χ2v) is 7.74. The number of aromatic nitrogens is 1. The summed E-state index contributed by atoms with van der Waals surface area (Å²) in [5, 5.41) is 4.68. The van der Waals surface area contributed by atoms with E-state index in [1.807, 2.05) is 0 Å². The molecule has 0 saturated heterocycles. The molecular formula is C23H17ClN2O6. The van der Waals surface area contributed by atoms with E-state index in [4.69, 9.17) is 30.0 Å². The van der Waals surface area contributed by atoms with Gasteiger partial charge in [0.25, 0.3) is 5.91 Å². The largest absolute Gasteiger partial charge is 0.493 e. The zero-order valence-electron chi connectivity index (χ0n) is 17.3. The average molecular weight is 453 g/mol. The highest BCUT2D eigenvalue weighted by Crippen LogP contribution is 2.43. The topological polar surface area (TPSA) is 95.0 Å². The van der Waals surface area contributed by atoms with Crippen molar-refractivity contribution < 1.29 is 23.2 Å². The molecule has 0 bridgehead atoms. The molecule has 8 nitrogen and oxygen atoms in total. The summed E-state index contributed by atoms with van der Waals surface area (Å²) in [4.78, 5) is 28.4. The van der Waals surface area contributed by atoms with Gasteiger partial charge in [-0.25, -0.2) is 0 Å². The first-order chi connectivity index (χ1) is 15.4. The molecular weight excluding hydrogens is 436 g/mol. The number of methoxy groups -OCH3 is 2. The summed E-state index contributed by atoms with van der Waals surface area (Å²) in [6.07, 6.45) is 0. The third kappa shape index (κ3) is 2.95. The van der Waals surface area contributed by atoms with Gasteiger partial charge in [0.05, 0.1) is 31.2 Å². The number of benzene rings is 2. The zero-order chi connectivity index (χ0) is 22.6. The SMILES string of the molecule is COc1ccc([C@@H]2c3c(oc4ccc(Cl)cc4c3=O)C(=O)N2c2cc(C)on2)cc1OC. The molecule has 5 rings (SSSR count). The van der Waals surface area contributed by atoms with E-state index in [1.165, 1.54) is 25.2 Å². The summed E-state index contributed by atoms with van der Waals surface area (Å²) in [7, 11) is 3.04. The highest BCUT2D eigenvalue weighted by Gasteiger charge is 2.45. The lowest BCUT2D eigenvalue weighted by molar-refractivity contribution is 0.0969. The van der Waals surface area contributed by atoms with Gasteiger partial charge in [0, 0.05) is 11.1 Å². The molecule has 0 saturated carbocycles. The summed E-state index contributed by atoms with van der Waals surface area (Å²) in [5.74, 6) is 1.20.